The Bertz CT molecular complexity index is 470. The van der Waals surface area contributed by atoms with Crippen LogP contribution in [0.3, 0.4) is 0 Å². The first-order valence-electron chi connectivity index (χ1n) is 5.70. The molecule has 1 aliphatic rings. The zero-order valence-electron chi connectivity index (χ0n) is 9.80. The molecule has 1 aromatic carbocycles. The first kappa shape index (κ1) is 13.3. The molecule has 1 heterocycles. The summed E-state index contributed by atoms with van der Waals surface area (Å²) >= 11 is 7.96. The summed E-state index contributed by atoms with van der Waals surface area (Å²) in [4.78, 5) is 12.9. The summed E-state index contributed by atoms with van der Waals surface area (Å²) in [6.45, 7) is 1.94. The van der Waals surface area contributed by atoms with Crippen LogP contribution in [0.15, 0.2) is 24.3 Å². The maximum Gasteiger partial charge on any atom is 0.328 e. The fourth-order valence-electron chi connectivity index (χ4n) is 1.90. The second kappa shape index (κ2) is 6.16. The van der Waals surface area contributed by atoms with Crippen LogP contribution in [-0.4, -0.2) is 35.7 Å². The van der Waals surface area contributed by atoms with Crippen molar-refractivity contribution in [2.75, 3.05) is 29.5 Å². The van der Waals surface area contributed by atoms with Crippen molar-refractivity contribution < 1.29 is 9.90 Å². The topological polar surface area (TPSA) is 40.5 Å². The molecule has 18 heavy (non-hydrogen) atoms. The molecule has 0 radical (unpaired) electrons. The highest BCUT2D eigenvalue weighted by Crippen LogP contribution is 2.28. The van der Waals surface area contributed by atoms with Gasteiger partial charge in [0, 0.05) is 41.4 Å². The van der Waals surface area contributed by atoms with E-state index >= 15 is 0 Å². The molecule has 0 spiro atoms. The van der Waals surface area contributed by atoms with Crippen molar-refractivity contribution in [1.82, 2.24) is 0 Å². The number of benzene rings is 1. The van der Waals surface area contributed by atoms with E-state index in [0.29, 0.717) is 5.02 Å². The highest BCUT2D eigenvalue weighted by atomic mass is 35.5. The van der Waals surface area contributed by atoms with Gasteiger partial charge in [-0.15, -0.1) is 0 Å². The Balaban J connectivity index is 2.30. The van der Waals surface area contributed by atoms with Crippen molar-refractivity contribution in [3.8, 4) is 0 Å². The maximum absolute atomic E-state index is 10.6. The molecule has 0 amide bonds. The molecule has 1 aliphatic heterocycles. The van der Waals surface area contributed by atoms with E-state index in [2.05, 4.69) is 4.90 Å². The van der Waals surface area contributed by atoms with Crippen molar-refractivity contribution in [1.29, 1.82) is 0 Å². The van der Waals surface area contributed by atoms with Crippen LogP contribution < -0.4 is 4.90 Å². The molecule has 5 heteroatoms. The standard InChI is InChI=1S/C13H14ClNO2S/c14-11-3-1-10(2-4-13(16)17)12(9-11)15-5-7-18-8-6-15/h1-4,9H,5-8H2,(H,16,17)/b4-2+. The molecule has 1 aromatic rings. The third kappa shape index (κ3) is 3.43. The lowest BCUT2D eigenvalue weighted by molar-refractivity contribution is -0.131. The lowest BCUT2D eigenvalue weighted by Gasteiger charge is -2.30. The van der Waals surface area contributed by atoms with E-state index in [4.69, 9.17) is 16.7 Å². The fraction of sp³-hybridized carbons (Fsp3) is 0.308. The molecular formula is C13H14ClNO2S. The Morgan fingerprint density at radius 2 is 2.11 bits per heavy atom. The second-order valence-corrected chi connectivity index (χ2v) is 5.64. The van der Waals surface area contributed by atoms with Crippen LogP contribution in [-0.2, 0) is 4.79 Å². The minimum absolute atomic E-state index is 0.677. The molecule has 0 aliphatic carbocycles. The smallest absolute Gasteiger partial charge is 0.328 e. The van der Waals surface area contributed by atoms with Gasteiger partial charge in [-0.25, -0.2) is 4.79 Å². The summed E-state index contributed by atoms with van der Waals surface area (Å²) in [6, 6.07) is 5.54. The average molecular weight is 284 g/mol. The lowest BCUT2D eigenvalue weighted by atomic mass is 10.1. The van der Waals surface area contributed by atoms with E-state index in [-0.39, 0.29) is 0 Å². The predicted octanol–water partition coefficient (Wildman–Crippen LogP) is 2.99. The third-order valence-electron chi connectivity index (χ3n) is 2.75. The van der Waals surface area contributed by atoms with Crippen LogP contribution in [0.4, 0.5) is 5.69 Å². The van der Waals surface area contributed by atoms with E-state index in [0.717, 1.165) is 41.9 Å². The molecule has 1 fully saturated rings. The van der Waals surface area contributed by atoms with Gasteiger partial charge in [0.05, 0.1) is 0 Å². The Morgan fingerprint density at radius 3 is 2.78 bits per heavy atom. The molecule has 1 N–H and O–H groups in total. The number of carbonyl (C=O) groups is 1. The largest absolute Gasteiger partial charge is 0.478 e. The van der Waals surface area contributed by atoms with Crippen molar-refractivity contribution >= 4 is 41.1 Å². The summed E-state index contributed by atoms with van der Waals surface area (Å²) in [5, 5.41) is 9.38. The Morgan fingerprint density at radius 1 is 1.39 bits per heavy atom. The van der Waals surface area contributed by atoms with Gasteiger partial charge in [0.1, 0.15) is 0 Å². The monoisotopic (exact) mass is 283 g/mol. The summed E-state index contributed by atoms with van der Waals surface area (Å²) in [6.07, 6.45) is 2.78. The number of carboxylic acids is 1. The van der Waals surface area contributed by atoms with Crippen molar-refractivity contribution in [3.63, 3.8) is 0 Å². The first-order valence-corrected chi connectivity index (χ1v) is 7.23. The second-order valence-electron chi connectivity index (χ2n) is 3.97. The lowest BCUT2D eigenvalue weighted by Crippen LogP contribution is -2.32. The summed E-state index contributed by atoms with van der Waals surface area (Å²) in [5.74, 6) is 1.24. The number of nitrogens with zero attached hydrogens (tertiary/aromatic N) is 1. The van der Waals surface area contributed by atoms with Crippen LogP contribution in [0.2, 0.25) is 5.02 Å². The molecule has 0 aromatic heterocycles. The van der Waals surface area contributed by atoms with E-state index < -0.39 is 5.97 Å². The van der Waals surface area contributed by atoms with Crippen LogP contribution in [0.5, 0.6) is 0 Å². The molecule has 1 saturated heterocycles. The van der Waals surface area contributed by atoms with Gasteiger partial charge in [-0.05, 0) is 23.8 Å². The van der Waals surface area contributed by atoms with E-state index in [1.54, 1.807) is 12.1 Å². The molecule has 0 saturated carbocycles. The molecule has 0 unspecified atom stereocenters. The predicted molar refractivity (Wildman–Crippen MR) is 77.7 cm³/mol. The third-order valence-corrected chi connectivity index (χ3v) is 3.93. The fourth-order valence-corrected chi connectivity index (χ4v) is 2.97. The Labute approximate surface area is 115 Å². The van der Waals surface area contributed by atoms with Crippen molar-refractivity contribution in [2.24, 2.45) is 0 Å². The van der Waals surface area contributed by atoms with E-state index in [1.165, 1.54) is 0 Å². The molecule has 0 atom stereocenters. The highest BCUT2D eigenvalue weighted by molar-refractivity contribution is 7.99. The molecule has 0 bridgehead atoms. The Kier molecular flexibility index (Phi) is 4.55. The summed E-state index contributed by atoms with van der Waals surface area (Å²) in [5.41, 5.74) is 1.91. The van der Waals surface area contributed by atoms with Crippen LogP contribution >= 0.6 is 23.4 Å². The van der Waals surface area contributed by atoms with Gasteiger partial charge in [-0.2, -0.15) is 11.8 Å². The molecule has 96 valence electrons. The number of hydrogen-bond acceptors (Lipinski definition) is 3. The van der Waals surface area contributed by atoms with Crippen LogP contribution in [0.1, 0.15) is 5.56 Å². The number of carboxylic acid groups (broad SMARTS) is 1. The Hall–Kier alpha value is -1.13. The molecular weight excluding hydrogens is 270 g/mol. The quantitative estimate of drug-likeness (QED) is 0.866. The van der Waals surface area contributed by atoms with Gasteiger partial charge in [-0.1, -0.05) is 17.7 Å². The number of aliphatic carboxylic acids is 1. The number of halogens is 1. The number of anilines is 1. The normalized spacial score (nSPS) is 16.2. The molecule has 3 nitrogen and oxygen atoms in total. The first-order chi connectivity index (χ1) is 8.66. The maximum atomic E-state index is 10.6. The number of rotatable bonds is 3. The van der Waals surface area contributed by atoms with E-state index in [1.807, 2.05) is 23.9 Å². The zero-order valence-corrected chi connectivity index (χ0v) is 11.4. The van der Waals surface area contributed by atoms with Gasteiger partial charge in [0.25, 0.3) is 0 Å². The van der Waals surface area contributed by atoms with Crippen molar-refractivity contribution in [3.05, 3.63) is 34.9 Å². The highest BCUT2D eigenvalue weighted by Gasteiger charge is 2.14. The number of thioether (sulfide) groups is 1. The van der Waals surface area contributed by atoms with E-state index in [9.17, 15) is 4.79 Å². The SMILES string of the molecule is O=C(O)/C=C/c1ccc(Cl)cc1N1CCSCC1. The van der Waals surface area contributed by atoms with Gasteiger partial charge < -0.3 is 10.0 Å². The average Bonchev–Trinajstić information content (AvgIpc) is 2.38. The van der Waals surface area contributed by atoms with Crippen molar-refractivity contribution in [2.45, 2.75) is 0 Å². The van der Waals surface area contributed by atoms with Gasteiger partial charge in [0.2, 0.25) is 0 Å². The van der Waals surface area contributed by atoms with Crippen LogP contribution in [0, 0.1) is 0 Å². The zero-order chi connectivity index (χ0) is 13.0. The van der Waals surface area contributed by atoms with Crippen LogP contribution in [0.25, 0.3) is 6.08 Å². The number of hydrogen-bond donors (Lipinski definition) is 1. The molecule has 2 rings (SSSR count). The summed E-state index contributed by atoms with van der Waals surface area (Å²) < 4.78 is 0. The van der Waals surface area contributed by atoms with Gasteiger partial charge in [0.15, 0.2) is 0 Å². The van der Waals surface area contributed by atoms with Gasteiger partial charge in [-0.3, -0.25) is 0 Å². The minimum Gasteiger partial charge on any atom is -0.478 e. The van der Waals surface area contributed by atoms with Gasteiger partial charge >= 0.3 is 5.97 Å². The minimum atomic E-state index is -0.940. The summed E-state index contributed by atoms with van der Waals surface area (Å²) in [7, 11) is 0.